The van der Waals surface area contributed by atoms with Gasteiger partial charge in [0.2, 0.25) is 0 Å². The number of hydrogen-bond donors (Lipinski definition) is 4. The van der Waals surface area contributed by atoms with Crippen molar-refractivity contribution >= 4 is 18.9 Å². The van der Waals surface area contributed by atoms with Crippen LogP contribution in [0.4, 0.5) is 0 Å². The van der Waals surface area contributed by atoms with Crippen LogP contribution in [0.2, 0.25) is 0 Å². The van der Waals surface area contributed by atoms with E-state index in [2.05, 4.69) is 0 Å². The first-order valence-electron chi connectivity index (χ1n) is 4.80. The van der Waals surface area contributed by atoms with E-state index in [-0.39, 0.29) is 11.7 Å². The molecule has 5 N–H and O–H groups in total. The maximum absolute atomic E-state index is 11.0. The predicted molar refractivity (Wildman–Crippen MR) is 62.1 cm³/mol. The molecule has 0 fully saturated rings. The van der Waals surface area contributed by atoms with Gasteiger partial charge in [-0.3, -0.25) is 9.36 Å². The van der Waals surface area contributed by atoms with Crippen molar-refractivity contribution in [2.45, 2.75) is 18.9 Å². The highest BCUT2D eigenvalue weighted by molar-refractivity contribution is 7.60. The lowest BCUT2D eigenvalue weighted by Crippen LogP contribution is -2.46. The quantitative estimate of drug-likeness (QED) is 0.557. The Balaban J connectivity index is 3.02. The van der Waals surface area contributed by atoms with E-state index in [1.165, 1.54) is 25.1 Å². The summed E-state index contributed by atoms with van der Waals surface area (Å²) in [5.41, 5.74) is 4.56. The summed E-state index contributed by atoms with van der Waals surface area (Å²) in [6, 6.07) is 5.60. The molecule has 0 aliphatic heterocycles. The van der Waals surface area contributed by atoms with Gasteiger partial charge in [-0.15, -0.1) is 0 Å². The third-order valence-electron chi connectivity index (χ3n) is 2.31. The largest absolute Gasteiger partial charge is 0.480 e. The average molecular weight is 259 g/mol. The fraction of sp³-hybridized carbons (Fsp3) is 0.300. The first-order valence-corrected chi connectivity index (χ1v) is 6.41. The SMILES string of the molecule is C[C@](N)(Cc1cccc(P(=O)(O)O)c1)C(=O)O. The summed E-state index contributed by atoms with van der Waals surface area (Å²) in [4.78, 5) is 28.8. The lowest BCUT2D eigenvalue weighted by atomic mass is 9.94. The Labute approximate surface area is 98.2 Å². The molecule has 0 aliphatic carbocycles. The van der Waals surface area contributed by atoms with E-state index in [0.29, 0.717) is 5.56 Å². The van der Waals surface area contributed by atoms with Crippen LogP contribution in [0.25, 0.3) is 0 Å². The molecule has 7 heteroatoms. The minimum absolute atomic E-state index is 0.00380. The molecule has 0 amide bonds. The van der Waals surface area contributed by atoms with Crippen LogP contribution in [0.5, 0.6) is 0 Å². The summed E-state index contributed by atoms with van der Waals surface area (Å²) >= 11 is 0. The number of aliphatic carboxylic acids is 1. The molecule has 1 aromatic rings. The normalized spacial score (nSPS) is 15.3. The molecule has 0 saturated carbocycles. The van der Waals surface area contributed by atoms with Gasteiger partial charge in [-0.1, -0.05) is 12.1 Å². The maximum atomic E-state index is 11.0. The molecule has 0 spiro atoms. The monoisotopic (exact) mass is 259 g/mol. The number of rotatable bonds is 4. The van der Waals surface area contributed by atoms with Gasteiger partial charge < -0.3 is 20.6 Å². The summed E-state index contributed by atoms with van der Waals surface area (Å²) in [6.07, 6.45) is -0.00380. The highest BCUT2D eigenvalue weighted by Gasteiger charge is 2.28. The molecule has 0 aromatic heterocycles. The number of benzene rings is 1. The number of carboxylic acids is 1. The molecule has 1 rings (SSSR count). The van der Waals surface area contributed by atoms with Crippen molar-refractivity contribution in [1.29, 1.82) is 0 Å². The molecule has 17 heavy (non-hydrogen) atoms. The van der Waals surface area contributed by atoms with Crippen molar-refractivity contribution < 1.29 is 24.3 Å². The van der Waals surface area contributed by atoms with Crippen molar-refractivity contribution in [3.05, 3.63) is 29.8 Å². The fourth-order valence-electron chi connectivity index (χ4n) is 1.35. The summed E-state index contributed by atoms with van der Waals surface area (Å²) in [5.74, 6) is -1.17. The maximum Gasteiger partial charge on any atom is 0.356 e. The van der Waals surface area contributed by atoms with Crippen LogP contribution in [0, 0.1) is 0 Å². The van der Waals surface area contributed by atoms with Gasteiger partial charge in [0.15, 0.2) is 0 Å². The van der Waals surface area contributed by atoms with Gasteiger partial charge in [0.1, 0.15) is 5.54 Å². The smallest absolute Gasteiger partial charge is 0.356 e. The first kappa shape index (κ1) is 13.9. The van der Waals surface area contributed by atoms with Gasteiger partial charge in [0.25, 0.3) is 0 Å². The van der Waals surface area contributed by atoms with Gasteiger partial charge in [-0.05, 0) is 24.6 Å². The Morgan fingerprint density at radius 1 is 1.47 bits per heavy atom. The van der Waals surface area contributed by atoms with Crippen molar-refractivity contribution in [3.8, 4) is 0 Å². The molecule has 1 aromatic carbocycles. The molecular weight excluding hydrogens is 245 g/mol. The van der Waals surface area contributed by atoms with Gasteiger partial charge >= 0.3 is 13.6 Å². The standard InChI is InChI=1S/C10H14NO5P/c1-10(11,9(12)13)6-7-3-2-4-8(5-7)17(14,15)16/h2-5H,6,11H2,1H3,(H,12,13)(H2,14,15,16)/t10-/m0/s1. The number of nitrogens with two attached hydrogens (primary N) is 1. The molecule has 0 radical (unpaired) electrons. The van der Waals surface area contributed by atoms with Crippen molar-refractivity contribution in [1.82, 2.24) is 0 Å². The Morgan fingerprint density at radius 2 is 2.06 bits per heavy atom. The van der Waals surface area contributed by atoms with Crippen molar-refractivity contribution in [2.24, 2.45) is 5.73 Å². The summed E-state index contributed by atoms with van der Waals surface area (Å²) < 4.78 is 11.0. The predicted octanol–water partition coefficient (Wildman–Crippen LogP) is -0.166. The topological polar surface area (TPSA) is 121 Å². The Kier molecular flexibility index (Phi) is 3.74. The van der Waals surface area contributed by atoms with Crippen molar-refractivity contribution in [3.63, 3.8) is 0 Å². The van der Waals surface area contributed by atoms with Crippen LogP contribution in [0.3, 0.4) is 0 Å². The van der Waals surface area contributed by atoms with E-state index in [9.17, 15) is 9.36 Å². The van der Waals surface area contributed by atoms with Crippen LogP contribution in [-0.4, -0.2) is 26.4 Å². The highest BCUT2D eigenvalue weighted by atomic mass is 31.2. The lowest BCUT2D eigenvalue weighted by molar-refractivity contribution is -0.142. The van der Waals surface area contributed by atoms with Gasteiger partial charge in [-0.2, -0.15) is 0 Å². The molecule has 0 heterocycles. The zero-order valence-electron chi connectivity index (χ0n) is 9.20. The summed E-state index contributed by atoms with van der Waals surface area (Å²) in [6.45, 7) is 1.35. The van der Waals surface area contributed by atoms with E-state index in [4.69, 9.17) is 20.6 Å². The van der Waals surface area contributed by atoms with Crippen LogP contribution >= 0.6 is 7.60 Å². The third-order valence-corrected chi connectivity index (χ3v) is 3.26. The Morgan fingerprint density at radius 3 is 2.53 bits per heavy atom. The highest BCUT2D eigenvalue weighted by Crippen LogP contribution is 2.33. The summed E-state index contributed by atoms with van der Waals surface area (Å²) in [7, 11) is -4.32. The molecule has 0 bridgehead atoms. The zero-order chi connectivity index (χ0) is 13.3. The zero-order valence-corrected chi connectivity index (χ0v) is 10.1. The number of carbonyl (C=O) groups is 1. The molecule has 94 valence electrons. The van der Waals surface area contributed by atoms with Crippen LogP contribution < -0.4 is 11.0 Å². The first-order chi connectivity index (χ1) is 7.63. The second kappa shape index (κ2) is 4.58. The molecule has 1 atom stereocenters. The fourth-order valence-corrected chi connectivity index (χ4v) is 1.96. The third kappa shape index (κ3) is 3.64. The molecule has 6 nitrogen and oxygen atoms in total. The number of hydrogen-bond acceptors (Lipinski definition) is 3. The average Bonchev–Trinajstić information content (AvgIpc) is 2.15. The van der Waals surface area contributed by atoms with E-state index >= 15 is 0 Å². The summed E-state index contributed by atoms with van der Waals surface area (Å²) in [5, 5.41) is 8.71. The molecule has 0 saturated heterocycles. The van der Waals surface area contributed by atoms with E-state index in [1.807, 2.05) is 0 Å². The molecule has 0 unspecified atom stereocenters. The van der Waals surface area contributed by atoms with Crippen molar-refractivity contribution in [2.75, 3.05) is 0 Å². The second-order valence-electron chi connectivity index (χ2n) is 4.11. The van der Waals surface area contributed by atoms with E-state index in [0.717, 1.165) is 0 Å². The van der Waals surface area contributed by atoms with Crippen LogP contribution in [-0.2, 0) is 15.8 Å². The van der Waals surface area contributed by atoms with E-state index in [1.54, 1.807) is 6.07 Å². The molecule has 0 aliphatic rings. The minimum atomic E-state index is -4.32. The van der Waals surface area contributed by atoms with Crippen LogP contribution in [0.1, 0.15) is 12.5 Å². The Bertz CT molecular complexity index is 479. The van der Waals surface area contributed by atoms with Gasteiger partial charge in [-0.25, -0.2) is 0 Å². The van der Waals surface area contributed by atoms with Gasteiger partial charge in [0.05, 0.1) is 5.30 Å². The van der Waals surface area contributed by atoms with E-state index < -0.39 is 19.1 Å². The van der Waals surface area contributed by atoms with Gasteiger partial charge in [0, 0.05) is 6.42 Å². The Hall–Kier alpha value is -1.20. The number of carboxylic acid groups (broad SMARTS) is 1. The minimum Gasteiger partial charge on any atom is -0.480 e. The lowest BCUT2D eigenvalue weighted by Gasteiger charge is -2.19. The van der Waals surface area contributed by atoms with Crippen LogP contribution in [0.15, 0.2) is 24.3 Å². The second-order valence-corrected chi connectivity index (χ2v) is 5.72. The molecular formula is C10H14NO5P.